The molecule has 1 atom stereocenters. The summed E-state index contributed by atoms with van der Waals surface area (Å²) in [4.78, 5) is 11.8. The Hall–Kier alpha value is -0.915. The molecule has 0 radical (unpaired) electrons. The van der Waals surface area contributed by atoms with Crippen LogP contribution in [-0.4, -0.2) is 31.4 Å². The fraction of sp³-hybridized carbons (Fsp3) is 0.562. The molecule has 0 aromatic heterocycles. The van der Waals surface area contributed by atoms with Gasteiger partial charge in [-0.25, -0.2) is 4.39 Å². The summed E-state index contributed by atoms with van der Waals surface area (Å²) < 4.78 is 31.1. The van der Waals surface area contributed by atoms with E-state index in [1.54, 1.807) is 12.1 Å². The Morgan fingerprint density at radius 1 is 1.30 bits per heavy atom. The lowest BCUT2D eigenvalue weighted by atomic mass is 9.66. The van der Waals surface area contributed by atoms with Crippen molar-refractivity contribution in [3.8, 4) is 0 Å². The van der Waals surface area contributed by atoms with Crippen molar-refractivity contribution in [2.24, 2.45) is 0 Å². The molecule has 4 nitrogen and oxygen atoms in total. The van der Waals surface area contributed by atoms with Gasteiger partial charge in [0, 0.05) is 5.82 Å². The Bertz CT molecular complexity index is 590. The number of carbonyl (C=O) groups is 1. The third kappa shape index (κ3) is 3.78. The molecule has 1 saturated heterocycles. The molecule has 1 heterocycles. The van der Waals surface area contributed by atoms with Crippen LogP contribution < -0.4 is 0 Å². The maximum atomic E-state index is 13.9. The van der Waals surface area contributed by atoms with Crippen molar-refractivity contribution in [1.82, 2.24) is 0 Å². The van der Waals surface area contributed by atoms with Crippen LogP contribution in [0, 0.1) is 5.82 Å². The van der Waals surface area contributed by atoms with Crippen LogP contribution in [0.15, 0.2) is 22.7 Å². The first-order chi connectivity index (χ1) is 10.6. The largest absolute Gasteiger partial charge is 0.469 e. The van der Waals surface area contributed by atoms with E-state index < -0.39 is 35.9 Å². The van der Waals surface area contributed by atoms with Crippen molar-refractivity contribution in [1.29, 1.82) is 0 Å². The van der Waals surface area contributed by atoms with E-state index in [0.717, 1.165) is 0 Å². The molecule has 1 aliphatic rings. The summed E-state index contributed by atoms with van der Waals surface area (Å²) in [6.45, 7) is 7.74. The van der Waals surface area contributed by atoms with Gasteiger partial charge in [-0.15, -0.1) is 0 Å². The Labute approximate surface area is 145 Å². The zero-order chi connectivity index (χ0) is 17.4. The summed E-state index contributed by atoms with van der Waals surface area (Å²) in [5.41, 5.74) is -0.422. The predicted octanol–water partition coefficient (Wildman–Crippen LogP) is 3.87. The van der Waals surface area contributed by atoms with Crippen molar-refractivity contribution in [2.45, 2.75) is 51.1 Å². The molecule has 0 N–H and O–H groups in total. The third-order valence-electron chi connectivity index (χ3n) is 4.59. The molecule has 0 saturated carbocycles. The molecule has 1 aromatic carbocycles. The van der Waals surface area contributed by atoms with Crippen LogP contribution >= 0.6 is 15.9 Å². The summed E-state index contributed by atoms with van der Waals surface area (Å²) >= 11 is 3.13. The molecule has 7 heteroatoms. The van der Waals surface area contributed by atoms with Gasteiger partial charge in [0.25, 0.3) is 0 Å². The van der Waals surface area contributed by atoms with Crippen molar-refractivity contribution < 1.29 is 23.2 Å². The van der Waals surface area contributed by atoms with Gasteiger partial charge in [0.15, 0.2) is 0 Å². The van der Waals surface area contributed by atoms with Crippen LogP contribution in [0.2, 0.25) is 0 Å². The predicted molar refractivity (Wildman–Crippen MR) is 89.6 cm³/mol. The van der Waals surface area contributed by atoms with Gasteiger partial charge in [-0.1, -0.05) is 6.07 Å². The first-order valence-corrected chi connectivity index (χ1v) is 8.24. The Balaban J connectivity index is 2.35. The van der Waals surface area contributed by atoms with Crippen LogP contribution in [0.3, 0.4) is 0 Å². The van der Waals surface area contributed by atoms with Crippen molar-refractivity contribution in [3.63, 3.8) is 0 Å². The van der Waals surface area contributed by atoms with E-state index in [-0.39, 0.29) is 6.42 Å². The molecule has 0 spiro atoms. The fourth-order valence-electron chi connectivity index (χ4n) is 2.43. The Morgan fingerprint density at radius 2 is 1.87 bits per heavy atom. The molecule has 2 rings (SSSR count). The van der Waals surface area contributed by atoms with E-state index in [2.05, 4.69) is 15.9 Å². The first kappa shape index (κ1) is 18.4. The highest BCUT2D eigenvalue weighted by molar-refractivity contribution is 9.10. The highest BCUT2D eigenvalue weighted by Crippen LogP contribution is 2.42. The summed E-state index contributed by atoms with van der Waals surface area (Å²) in [5.74, 6) is -1.24. The maximum Gasteiger partial charge on any atom is 0.466 e. The molecule has 0 amide bonds. The van der Waals surface area contributed by atoms with E-state index in [1.165, 1.54) is 13.2 Å². The van der Waals surface area contributed by atoms with Gasteiger partial charge in [0.2, 0.25) is 0 Å². The van der Waals surface area contributed by atoms with Crippen LogP contribution in [0.5, 0.6) is 0 Å². The summed E-state index contributed by atoms with van der Waals surface area (Å²) in [5, 5.41) is 0. The lowest BCUT2D eigenvalue weighted by Gasteiger charge is -2.32. The standard InChI is InChI=1S/C16H21BBrFO4/c1-15(2)16(3,4)23-17(22-15)11(9-14(20)21-5)10-6-7-12(18)13(19)8-10/h6-8,11H,9H2,1-5H3. The number of halogens is 2. The monoisotopic (exact) mass is 386 g/mol. The number of hydrogen-bond acceptors (Lipinski definition) is 4. The zero-order valence-electron chi connectivity index (χ0n) is 14.0. The third-order valence-corrected chi connectivity index (χ3v) is 5.23. The highest BCUT2D eigenvalue weighted by Gasteiger charge is 2.54. The number of benzene rings is 1. The molecule has 1 fully saturated rings. The molecule has 1 aliphatic heterocycles. The van der Waals surface area contributed by atoms with Crippen molar-refractivity contribution in [2.75, 3.05) is 7.11 Å². The molecule has 1 aromatic rings. The average Bonchev–Trinajstić information content (AvgIpc) is 2.67. The number of esters is 1. The maximum absolute atomic E-state index is 13.9. The van der Waals surface area contributed by atoms with E-state index in [1.807, 2.05) is 27.7 Å². The second kappa shape index (κ2) is 6.53. The first-order valence-electron chi connectivity index (χ1n) is 7.45. The van der Waals surface area contributed by atoms with Gasteiger partial charge < -0.3 is 14.0 Å². The molecular formula is C16H21BBrFO4. The lowest BCUT2D eigenvalue weighted by Crippen LogP contribution is -2.41. The fourth-order valence-corrected chi connectivity index (χ4v) is 2.68. The van der Waals surface area contributed by atoms with Gasteiger partial charge in [0.05, 0.1) is 29.2 Å². The normalized spacial score (nSPS) is 20.4. The number of carbonyl (C=O) groups excluding carboxylic acids is 1. The van der Waals surface area contributed by atoms with Gasteiger partial charge >= 0.3 is 13.1 Å². The number of rotatable bonds is 4. The molecular weight excluding hydrogens is 366 g/mol. The lowest BCUT2D eigenvalue weighted by molar-refractivity contribution is -0.140. The topological polar surface area (TPSA) is 44.8 Å². The second-order valence-corrected chi connectivity index (χ2v) is 7.54. The molecule has 126 valence electrons. The van der Waals surface area contributed by atoms with Crippen LogP contribution in [-0.2, 0) is 18.8 Å². The Kier molecular flexibility index (Phi) is 5.23. The number of hydrogen-bond donors (Lipinski definition) is 0. The van der Waals surface area contributed by atoms with Gasteiger partial charge in [-0.3, -0.25) is 4.79 Å². The summed E-state index contributed by atoms with van der Waals surface area (Å²) in [6, 6.07) is 4.76. The molecule has 1 unspecified atom stereocenters. The second-order valence-electron chi connectivity index (χ2n) is 6.69. The highest BCUT2D eigenvalue weighted by atomic mass is 79.9. The van der Waals surface area contributed by atoms with Gasteiger partial charge in [-0.2, -0.15) is 0 Å². The minimum absolute atomic E-state index is 0.0500. The quantitative estimate of drug-likeness (QED) is 0.582. The smallest absolute Gasteiger partial charge is 0.466 e. The van der Waals surface area contributed by atoms with E-state index >= 15 is 0 Å². The average molecular weight is 387 g/mol. The number of ether oxygens (including phenoxy) is 1. The molecule has 0 aliphatic carbocycles. The van der Waals surface area contributed by atoms with Crippen LogP contribution in [0.1, 0.15) is 45.5 Å². The van der Waals surface area contributed by atoms with Crippen LogP contribution in [0.4, 0.5) is 4.39 Å². The molecule has 23 heavy (non-hydrogen) atoms. The number of methoxy groups -OCH3 is 1. The minimum atomic E-state index is -0.653. The van der Waals surface area contributed by atoms with E-state index in [0.29, 0.717) is 10.0 Å². The van der Waals surface area contributed by atoms with Crippen molar-refractivity contribution in [3.05, 3.63) is 34.1 Å². The summed E-state index contributed by atoms with van der Waals surface area (Å²) in [6.07, 6.45) is 0.0500. The summed E-state index contributed by atoms with van der Waals surface area (Å²) in [7, 11) is 0.672. The van der Waals surface area contributed by atoms with Gasteiger partial charge in [-0.05, 0) is 61.3 Å². The van der Waals surface area contributed by atoms with Crippen LogP contribution in [0.25, 0.3) is 0 Å². The van der Waals surface area contributed by atoms with E-state index in [4.69, 9.17) is 14.0 Å². The van der Waals surface area contributed by atoms with Gasteiger partial charge in [0.1, 0.15) is 5.82 Å². The van der Waals surface area contributed by atoms with E-state index in [9.17, 15) is 9.18 Å². The minimum Gasteiger partial charge on any atom is -0.469 e. The Morgan fingerprint density at radius 3 is 2.35 bits per heavy atom. The molecule has 0 bridgehead atoms. The zero-order valence-corrected chi connectivity index (χ0v) is 15.6. The SMILES string of the molecule is COC(=O)CC(B1OC(C)(C)C(C)(C)O1)c1ccc(Br)c(F)c1. The van der Waals surface area contributed by atoms with Crippen molar-refractivity contribution >= 4 is 29.0 Å².